The van der Waals surface area contributed by atoms with E-state index in [0.29, 0.717) is 13.1 Å². The maximum Gasteiger partial charge on any atom is 0.228 e. The fraction of sp³-hybridized carbons (Fsp3) is 0.500. The minimum absolute atomic E-state index is 0.0158. The summed E-state index contributed by atoms with van der Waals surface area (Å²) in [5.74, 6) is -2.44. The van der Waals surface area contributed by atoms with E-state index in [4.69, 9.17) is 5.73 Å². The van der Waals surface area contributed by atoms with Gasteiger partial charge in [-0.2, -0.15) is 0 Å². The first kappa shape index (κ1) is 15.9. The Balaban J connectivity index is 1.73. The van der Waals surface area contributed by atoms with Gasteiger partial charge in [0.2, 0.25) is 11.8 Å². The summed E-state index contributed by atoms with van der Waals surface area (Å²) in [6, 6.07) is 3.04. The molecule has 23 heavy (non-hydrogen) atoms. The number of rotatable bonds is 2. The third-order valence-corrected chi connectivity index (χ3v) is 4.44. The van der Waals surface area contributed by atoms with Crippen LogP contribution >= 0.6 is 0 Å². The molecule has 2 N–H and O–H groups in total. The average molecular weight is 323 g/mol. The number of nitrogens with zero attached hydrogens (tertiary/aromatic N) is 2. The largest absolute Gasteiger partial charge is 0.341 e. The summed E-state index contributed by atoms with van der Waals surface area (Å²) in [5, 5.41) is 0. The van der Waals surface area contributed by atoms with Crippen LogP contribution in [0, 0.1) is 17.6 Å². The van der Waals surface area contributed by atoms with E-state index in [1.54, 1.807) is 4.90 Å². The Labute approximate surface area is 133 Å². The number of hydrogen-bond acceptors (Lipinski definition) is 3. The Morgan fingerprint density at radius 2 is 2.04 bits per heavy atom. The SMILES string of the molecule is NC1CCCN(C(=O)C2CC(=O)N(c3ccc(F)cc3F)C2)C1. The number of anilines is 1. The molecule has 0 aliphatic carbocycles. The van der Waals surface area contributed by atoms with Crippen LogP contribution in [0.4, 0.5) is 14.5 Å². The van der Waals surface area contributed by atoms with Crippen LogP contribution in [0.15, 0.2) is 18.2 Å². The van der Waals surface area contributed by atoms with Crippen molar-refractivity contribution in [3.63, 3.8) is 0 Å². The average Bonchev–Trinajstić information content (AvgIpc) is 2.88. The topological polar surface area (TPSA) is 66.6 Å². The maximum atomic E-state index is 13.9. The second kappa shape index (κ2) is 6.23. The molecule has 2 aliphatic rings. The van der Waals surface area contributed by atoms with Gasteiger partial charge in [0, 0.05) is 38.2 Å². The standard InChI is InChI=1S/C16H19F2N3O2/c17-11-3-4-14(13(18)7-11)21-8-10(6-15(21)22)16(23)20-5-1-2-12(19)9-20/h3-4,7,10,12H,1-2,5-6,8-9,19H2. The lowest BCUT2D eigenvalue weighted by Gasteiger charge is -2.32. The van der Waals surface area contributed by atoms with Gasteiger partial charge >= 0.3 is 0 Å². The van der Waals surface area contributed by atoms with Gasteiger partial charge in [-0.3, -0.25) is 9.59 Å². The lowest BCUT2D eigenvalue weighted by Crippen LogP contribution is -2.48. The van der Waals surface area contributed by atoms with Crippen molar-refractivity contribution in [1.29, 1.82) is 0 Å². The van der Waals surface area contributed by atoms with E-state index in [1.165, 1.54) is 11.0 Å². The van der Waals surface area contributed by atoms with Crippen molar-refractivity contribution in [2.75, 3.05) is 24.5 Å². The molecule has 2 saturated heterocycles. The minimum atomic E-state index is -0.800. The molecule has 2 fully saturated rings. The van der Waals surface area contributed by atoms with Gasteiger partial charge in [0.25, 0.3) is 0 Å². The first-order valence-corrected chi connectivity index (χ1v) is 7.75. The van der Waals surface area contributed by atoms with Gasteiger partial charge < -0.3 is 15.5 Å². The van der Waals surface area contributed by atoms with Gasteiger partial charge in [-0.25, -0.2) is 8.78 Å². The van der Waals surface area contributed by atoms with E-state index in [2.05, 4.69) is 0 Å². The number of piperidine rings is 1. The van der Waals surface area contributed by atoms with Crippen LogP contribution in [0.25, 0.3) is 0 Å². The summed E-state index contributed by atoms with van der Waals surface area (Å²) in [7, 11) is 0. The third-order valence-electron chi connectivity index (χ3n) is 4.44. The van der Waals surface area contributed by atoms with E-state index in [9.17, 15) is 18.4 Å². The predicted octanol–water partition coefficient (Wildman–Crippen LogP) is 1.27. The fourth-order valence-corrected chi connectivity index (χ4v) is 3.27. The Morgan fingerprint density at radius 3 is 2.74 bits per heavy atom. The molecule has 2 aliphatic heterocycles. The summed E-state index contributed by atoms with van der Waals surface area (Å²) in [4.78, 5) is 27.6. The van der Waals surface area contributed by atoms with Crippen LogP contribution in [0.3, 0.4) is 0 Å². The normalized spacial score (nSPS) is 25.1. The third kappa shape index (κ3) is 3.19. The number of carbonyl (C=O) groups is 2. The molecule has 7 heteroatoms. The number of hydrogen-bond donors (Lipinski definition) is 1. The van der Waals surface area contributed by atoms with Gasteiger partial charge in [0.05, 0.1) is 11.6 Å². The highest BCUT2D eigenvalue weighted by Gasteiger charge is 2.38. The van der Waals surface area contributed by atoms with Crippen molar-refractivity contribution in [2.45, 2.75) is 25.3 Å². The molecule has 3 rings (SSSR count). The van der Waals surface area contributed by atoms with Crippen LogP contribution in [0.1, 0.15) is 19.3 Å². The molecule has 2 atom stereocenters. The molecule has 0 radical (unpaired) electrons. The highest BCUT2D eigenvalue weighted by molar-refractivity contribution is 6.00. The quantitative estimate of drug-likeness (QED) is 0.891. The van der Waals surface area contributed by atoms with E-state index in [1.807, 2.05) is 0 Å². The molecule has 0 bridgehead atoms. The van der Waals surface area contributed by atoms with Crippen molar-refractivity contribution < 1.29 is 18.4 Å². The number of benzene rings is 1. The van der Waals surface area contributed by atoms with E-state index >= 15 is 0 Å². The summed E-state index contributed by atoms with van der Waals surface area (Å²) in [6.07, 6.45) is 1.78. The van der Waals surface area contributed by atoms with Crippen LogP contribution in [-0.4, -0.2) is 42.4 Å². The van der Waals surface area contributed by atoms with Gasteiger partial charge in [-0.05, 0) is 25.0 Å². The molecule has 2 heterocycles. The monoisotopic (exact) mass is 323 g/mol. The van der Waals surface area contributed by atoms with Crippen LogP contribution in [0.5, 0.6) is 0 Å². The Kier molecular flexibility index (Phi) is 4.30. The smallest absolute Gasteiger partial charge is 0.228 e. The summed E-state index contributed by atoms with van der Waals surface area (Å²) in [6.45, 7) is 1.25. The van der Waals surface area contributed by atoms with E-state index < -0.39 is 17.6 Å². The molecular formula is C16H19F2N3O2. The zero-order valence-electron chi connectivity index (χ0n) is 12.7. The van der Waals surface area contributed by atoms with E-state index in [-0.39, 0.29) is 36.5 Å². The molecule has 0 saturated carbocycles. The van der Waals surface area contributed by atoms with Crippen LogP contribution < -0.4 is 10.6 Å². The fourth-order valence-electron chi connectivity index (χ4n) is 3.27. The van der Waals surface area contributed by atoms with Crippen molar-refractivity contribution in [3.8, 4) is 0 Å². The number of amides is 2. The lowest BCUT2D eigenvalue weighted by atomic mass is 10.0. The number of likely N-dealkylation sites (tertiary alicyclic amines) is 1. The summed E-state index contributed by atoms with van der Waals surface area (Å²) in [5.41, 5.74) is 5.90. The molecule has 2 unspecified atom stereocenters. The number of nitrogens with two attached hydrogens (primary N) is 1. The summed E-state index contributed by atoms with van der Waals surface area (Å²) < 4.78 is 26.9. The molecule has 5 nitrogen and oxygen atoms in total. The molecule has 2 amide bonds. The number of halogens is 2. The first-order chi connectivity index (χ1) is 11.0. The molecular weight excluding hydrogens is 304 g/mol. The second-order valence-corrected chi connectivity index (χ2v) is 6.19. The summed E-state index contributed by atoms with van der Waals surface area (Å²) >= 11 is 0. The Bertz CT molecular complexity index is 638. The van der Waals surface area contributed by atoms with E-state index in [0.717, 1.165) is 25.0 Å². The molecule has 1 aromatic carbocycles. The number of carbonyl (C=O) groups excluding carboxylic acids is 2. The lowest BCUT2D eigenvalue weighted by molar-refractivity contribution is -0.136. The van der Waals surface area contributed by atoms with Crippen molar-refractivity contribution in [2.24, 2.45) is 11.7 Å². The molecule has 124 valence electrons. The van der Waals surface area contributed by atoms with Gasteiger partial charge in [0.1, 0.15) is 11.6 Å². The van der Waals surface area contributed by atoms with Crippen molar-refractivity contribution in [1.82, 2.24) is 4.90 Å². The maximum absolute atomic E-state index is 13.9. The first-order valence-electron chi connectivity index (χ1n) is 7.75. The Morgan fingerprint density at radius 1 is 1.26 bits per heavy atom. The van der Waals surface area contributed by atoms with Crippen LogP contribution in [-0.2, 0) is 9.59 Å². The predicted molar refractivity (Wildman–Crippen MR) is 80.6 cm³/mol. The van der Waals surface area contributed by atoms with Gasteiger partial charge in [-0.1, -0.05) is 0 Å². The highest BCUT2D eigenvalue weighted by atomic mass is 19.1. The highest BCUT2D eigenvalue weighted by Crippen LogP contribution is 2.29. The van der Waals surface area contributed by atoms with Crippen LogP contribution in [0.2, 0.25) is 0 Å². The molecule has 0 aromatic heterocycles. The molecule has 1 aromatic rings. The zero-order chi connectivity index (χ0) is 16.6. The van der Waals surface area contributed by atoms with Crippen molar-refractivity contribution in [3.05, 3.63) is 29.8 Å². The minimum Gasteiger partial charge on any atom is -0.341 e. The van der Waals surface area contributed by atoms with Gasteiger partial charge in [0.15, 0.2) is 0 Å². The zero-order valence-corrected chi connectivity index (χ0v) is 12.7. The van der Waals surface area contributed by atoms with Crippen molar-refractivity contribution >= 4 is 17.5 Å². The Hall–Kier alpha value is -2.02. The molecule has 0 spiro atoms. The van der Waals surface area contributed by atoms with Gasteiger partial charge in [-0.15, -0.1) is 0 Å². The second-order valence-electron chi connectivity index (χ2n) is 6.19.